The molecule has 0 saturated heterocycles. The Hall–Kier alpha value is -1.73. The van der Waals surface area contributed by atoms with Crippen molar-refractivity contribution in [1.82, 2.24) is 15.5 Å². The fourth-order valence-electron chi connectivity index (χ4n) is 1.24. The van der Waals surface area contributed by atoms with Gasteiger partial charge in [0.1, 0.15) is 0 Å². The molecule has 18 heavy (non-hydrogen) atoms. The molecular formula is C11H19N5O2. The van der Waals surface area contributed by atoms with Crippen molar-refractivity contribution in [2.45, 2.75) is 19.8 Å². The monoisotopic (exact) mass is 253 g/mol. The van der Waals surface area contributed by atoms with E-state index in [2.05, 4.69) is 27.9 Å². The SMILES string of the molecule is CCCOCCCNC(=O)c1ccc(NN)nn1. The molecule has 0 aromatic carbocycles. The third kappa shape index (κ3) is 5.07. The number of aromatic nitrogens is 2. The van der Waals surface area contributed by atoms with Crippen LogP contribution in [-0.4, -0.2) is 35.9 Å². The number of nitrogens with zero attached hydrogens (tertiary/aromatic N) is 2. The fourth-order valence-corrected chi connectivity index (χ4v) is 1.24. The molecule has 0 aliphatic rings. The molecule has 1 heterocycles. The molecule has 0 bridgehead atoms. The Labute approximate surface area is 106 Å². The number of hydrogen-bond acceptors (Lipinski definition) is 6. The Morgan fingerprint density at radius 1 is 1.39 bits per heavy atom. The Balaban J connectivity index is 2.23. The van der Waals surface area contributed by atoms with E-state index >= 15 is 0 Å². The molecule has 0 saturated carbocycles. The van der Waals surface area contributed by atoms with Crippen LogP contribution >= 0.6 is 0 Å². The van der Waals surface area contributed by atoms with E-state index < -0.39 is 0 Å². The van der Waals surface area contributed by atoms with Gasteiger partial charge in [0, 0.05) is 19.8 Å². The van der Waals surface area contributed by atoms with E-state index in [1.165, 1.54) is 0 Å². The van der Waals surface area contributed by atoms with Crippen LogP contribution < -0.4 is 16.6 Å². The van der Waals surface area contributed by atoms with Crippen molar-refractivity contribution in [2.75, 3.05) is 25.2 Å². The van der Waals surface area contributed by atoms with Gasteiger partial charge in [-0.1, -0.05) is 6.92 Å². The molecule has 100 valence electrons. The van der Waals surface area contributed by atoms with Crippen LogP contribution in [0.1, 0.15) is 30.3 Å². The molecule has 4 N–H and O–H groups in total. The highest BCUT2D eigenvalue weighted by Gasteiger charge is 2.06. The minimum Gasteiger partial charge on any atom is -0.381 e. The second kappa shape index (κ2) is 8.37. The van der Waals surface area contributed by atoms with Gasteiger partial charge in [-0.15, -0.1) is 10.2 Å². The summed E-state index contributed by atoms with van der Waals surface area (Å²) >= 11 is 0. The van der Waals surface area contributed by atoms with E-state index in [0.29, 0.717) is 19.0 Å². The molecule has 1 aromatic rings. The summed E-state index contributed by atoms with van der Waals surface area (Å²) in [5, 5.41) is 10.2. The number of rotatable bonds is 8. The molecule has 7 nitrogen and oxygen atoms in total. The van der Waals surface area contributed by atoms with Crippen molar-refractivity contribution in [3.8, 4) is 0 Å². The molecule has 0 radical (unpaired) electrons. The maximum atomic E-state index is 11.6. The number of hydrazine groups is 1. The highest BCUT2D eigenvalue weighted by Crippen LogP contribution is 1.99. The lowest BCUT2D eigenvalue weighted by Crippen LogP contribution is -2.26. The van der Waals surface area contributed by atoms with Crippen molar-refractivity contribution < 1.29 is 9.53 Å². The van der Waals surface area contributed by atoms with E-state index in [1.54, 1.807) is 12.1 Å². The van der Waals surface area contributed by atoms with Gasteiger partial charge in [-0.25, -0.2) is 5.84 Å². The Morgan fingerprint density at radius 3 is 2.83 bits per heavy atom. The van der Waals surface area contributed by atoms with Gasteiger partial charge >= 0.3 is 0 Å². The van der Waals surface area contributed by atoms with E-state index in [1.807, 2.05) is 0 Å². The van der Waals surface area contributed by atoms with Crippen molar-refractivity contribution in [3.63, 3.8) is 0 Å². The van der Waals surface area contributed by atoms with Crippen LogP contribution in [0.15, 0.2) is 12.1 Å². The number of nitrogens with two attached hydrogens (primary N) is 1. The van der Waals surface area contributed by atoms with Gasteiger partial charge in [0.2, 0.25) is 0 Å². The summed E-state index contributed by atoms with van der Waals surface area (Å²) in [5.74, 6) is 5.31. The third-order valence-electron chi connectivity index (χ3n) is 2.14. The van der Waals surface area contributed by atoms with E-state index in [-0.39, 0.29) is 11.6 Å². The number of anilines is 1. The fraction of sp³-hybridized carbons (Fsp3) is 0.545. The third-order valence-corrected chi connectivity index (χ3v) is 2.14. The van der Waals surface area contributed by atoms with Crippen LogP contribution in [0.3, 0.4) is 0 Å². The predicted octanol–water partition coefficient (Wildman–Crippen LogP) is 0.309. The van der Waals surface area contributed by atoms with Crippen LogP contribution in [0, 0.1) is 0 Å². The maximum Gasteiger partial charge on any atom is 0.271 e. The van der Waals surface area contributed by atoms with Gasteiger partial charge < -0.3 is 15.5 Å². The number of ether oxygens (including phenoxy) is 1. The average molecular weight is 253 g/mol. The molecule has 7 heteroatoms. The number of carbonyl (C=O) groups excluding carboxylic acids is 1. The molecule has 1 aromatic heterocycles. The number of amides is 1. The number of nitrogen functional groups attached to an aromatic ring is 1. The van der Waals surface area contributed by atoms with Crippen LogP contribution in [0.25, 0.3) is 0 Å². The normalized spacial score (nSPS) is 10.1. The lowest BCUT2D eigenvalue weighted by atomic mass is 10.3. The summed E-state index contributed by atoms with van der Waals surface area (Å²) in [6, 6.07) is 3.15. The first-order chi connectivity index (χ1) is 8.77. The highest BCUT2D eigenvalue weighted by atomic mass is 16.5. The lowest BCUT2D eigenvalue weighted by Gasteiger charge is -2.05. The van der Waals surface area contributed by atoms with Gasteiger partial charge in [0.15, 0.2) is 11.5 Å². The first-order valence-corrected chi connectivity index (χ1v) is 5.94. The zero-order valence-corrected chi connectivity index (χ0v) is 10.5. The predicted molar refractivity (Wildman–Crippen MR) is 67.9 cm³/mol. The second-order valence-corrected chi connectivity index (χ2v) is 3.67. The molecule has 0 aliphatic carbocycles. The standard InChI is InChI=1S/C11H19N5O2/c1-2-7-18-8-3-6-13-11(17)9-4-5-10(14-12)16-15-9/h4-5H,2-3,6-8,12H2,1H3,(H,13,17)(H,14,16). The average Bonchev–Trinajstić information content (AvgIpc) is 2.42. The lowest BCUT2D eigenvalue weighted by molar-refractivity contribution is 0.0935. The van der Waals surface area contributed by atoms with Crippen molar-refractivity contribution >= 4 is 11.7 Å². The highest BCUT2D eigenvalue weighted by molar-refractivity contribution is 5.92. The van der Waals surface area contributed by atoms with Gasteiger partial charge in [0.25, 0.3) is 5.91 Å². The van der Waals surface area contributed by atoms with Gasteiger partial charge in [0.05, 0.1) is 0 Å². The maximum absolute atomic E-state index is 11.6. The van der Waals surface area contributed by atoms with Crippen LogP contribution in [0.5, 0.6) is 0 Å². The minimum atomic E-state index is -0.249. The summed E-state index contributed by atoms with van der Waals surface area (Å²) < 4.78 is 5.30. The zero-order chi connectivity index (χ0) is 13.2. The molecule has 1 amide bonds. The van der Waals surface area contributed by atoms with Gasteiger partial charge in [-0.05, 0) is 25.0 Å². The Morgan fingerprint density at radius 2 is 2.22 bits per heavy atom. The van der Waals surface area contributed by atoms with E-state index in [9.17, 15) is 4.79 Å². The van der Waals surface area contributed by atoms with Gasteiger partial charge in [-0.2, -0.15) is 0 Å². The first kappa shape index (κ1) is 14.3. The number of nitrogens with one attached hydrogen (secondary N) is 2. The Kier molecular flexibility index (Phi) is 6.67. The molecule has 0 atom stereocenters. The quantitative estimate of drug-likeness (QED) is 0.350. The smallest absolute Gasteiger partial charge is 0.271 e. The zero-order valence-electron chi connectivity index (χ0n) is 10.5. The summed E-state index contributed by atoms with van der Waals surface area (Å²) in [6.45, 7) is 4.02. The van der Waals surface area contributed by atoms with E-state index in [4.69, 9.17) is 10.6 Å². The molecule has 0 spiro atoms. The van der Waals surface area contributed by atoms with Crippen LogP contribution in [0.2, 0.25) is 0 Å². The molecule has 0 aliphatic heterocycles. The summed E-state index contributed by atoms with van der Waals surface area (Å²) in [6.07, 6.45) is 1.78. The van der Waals surface area contributed by atoms with Crippen molar-refractivity contribution in [2.24, 2.45) is 5.84 Å². The summed E-state index contributed by atoms with van der Waals surface area (Å²) in [5.41, 5.74) is 2.61. The van der Waals surface area contributed by atoms with E-state index in [0.717, 1.165) is 19.4 Å². The number of carbonyl (C=O) groups is 1. The molecular weight excluding hydrogens is 234 g/mol. The topological polar surface area (TPSA) is 102 Å². The molecule has 1 rings (SSSR count). The largest absolute Gasteiger partial charge is 0.381 e. The van der Waals surface area contributed by atoms with Crippen molar-refractivity contribution in [1.29, 1.82) is 0 Å². The molecule has 0 fully saturated rings. The first-order valence-electron chi connectivity index (χ1n) is 5.94. The second-order valence-electron chi connectivity index (χ2n) is 3.67. The van der Waals surface area contributed by atoms with Crippen LogP contribution in [-0.2, 0) is 4.74 Å². The summed E-state index contributed by atoms with van der Waals surface area (Å²) in [7, 11) is 0. The van der Waals surface area contributed by atoms with Crippen molar-refractivity contribution in [3.05, 3.63) is 17.8 Å². The Bertz CT molecular complexity index is 355. The van der Waals surface area contributed by atoms with Crippen LogP contribution in [0.4, 0.5) is 5.82 Å². The number of hydrogen-bond donors (Lipinski definition) is 3. The van der Waals surface area contributed by atoms with Gasteiger partial charge in [-0.3, -0.25) is 4.79 Å². The minimum absolute atomic E-state index is 0.249. The summed E-state index contributed by atoms with van der Waals surface area (Å²) in [4.78, 5) is 11.6. The molecule has 0 unspecified atom stereocenters.